The second-order valence-corrected chi connectivity index (χ2v) is 12.4. The minimum atomic E-state index is 0.324. The van der Waals surface area contributed by atoms with Gasteiger partial charge in [0.25, 0.3) is 0 Å². The number of fused-ring (bicyclic) bond motifs is 9. The second kappa shape index (κ2) is 10.7. The monoisotopic (exact) mass is 658 g/mol. The van der Waals surface area contributed by atoms with E-state index in [1.807, 2.05) is 81.9 Å². The second-order valence-electron chi connectivity index (χ2n) is 12.4. The van der Waals surface area contributed by atoms with E-state index in [4.69, 9.17) is 23.2 Å². The van der Waals surface area contributed by atoms with Crippen LogP contribution in [0.1, 0.15) is 8.22 Å². The van der Waals surface area contributed by atoms with Crippen molar-refractivity contribution >= 4 is 65.4 Å². The fourth-order valence-corrected chi connectivity index (χ4v) is 7.61. The fraction of sp³-hybridized carbons (Fsp3) is 0. The molecule has 51 heavy (non-hydrogen) atoms. The zero-order valence-corrected chi connectivity index (χ0v) is 26.9. The Balaban J connectivity index is 1.27. The molecule has 0 bridgehead atoms. The SMILES string of the molecule is [2H]c1ccc2c(c1)c1cc([2H])ccc1n2-c1nc(-c2ccccc2-n2c3ccc([2H])cc3c3cc([2H])ccc32)nc(-n2c3ccc([2H])cc3c3cc([2H])ccc32)n1. The highest BCUT2D eigenvalue weighted by atomic mass is 15.3. The number of nitrogens with zero attached hydrogens (tertiary/aromatic N) is 6. The Kier molecular flexibility index (Phi) is 4.74. The van der Waals surface area contributed by atoms with Crippen molar-refractivity contribution in [1.82, 2.24) is 28.7 Å². The molecule has 238 valence electrons. The number of hydrogen-bond acceptors (Lipinski definition) is 3. The highest BCUT2D eigenvalue weighted by Crippen LogP contribution is 2.37. The van der Waals surface area contributed by atoms with Gasteiger partial charge in [-0.15, -0.1) is 0 Å². The molecule has 0 amide bonds. The molecule has 0 aliphatic carbocycles. The van der Waals surface area contributed by atoms with Crippen LogP contribution < -0.4 is 0 Å². The van der Waals surface area contributed by atoms with Crippen LogP contribution in [0.25, 0.3) is 94.4 Å². The Morgan fingerprint density at radius 3 is 1.04 bits per heavy atom. The summed E-state index contributed by atoms with van der Waals surface area (Å²) < 4.78 is 56.7. The first-order valence-electron chi connectivity index (χ1n) is 19.6. The summed E-state index contributed by atoms with van der Waals surface area (Å²) in [7, 11) is 0. The van der Waals surface area contributed by atoms with E-state index in [0.29, 0.717) is 59.5 Å². The number of hydrogen-bond donors (Lipinski definition) is 0. The first kappa shape index (κ1) is 22.6. The lowest BCUT2D eigenvalue weighted by Crippen LogP contribution is -2.11. The van der Waals surface area contributed by atoms with Gasteiger partial charge >= 0.3 is 0 Å². The maximum atomic E-state index is 8.46. The van der Waals surface area contributed by atoms with Gasteiger partial charge in [-0.3, -0.25) is 9.13 Å². The van der Waals surface area contributed by atoms with E-state index in [-0.39, 0.29) is 0 Å². The molecule has 0 aliphatic rings. The number of para-hydroxylation sites is 7. The zero-order chi connectivity index (χ0) is 38.7. The van der Waals surface area contributed by atoms with Crippen molar-refractivity contribution in [3.05, 3.63) is 170 Å². The molecular formula is C45H28N6. The molecule has 0 atom stereocenters. The van der Waals surface area contributed by atoms with E-state index in [1.54, 1.807) is 60.7 Å². The molecule has 0 fully saturated rings. The average Bonchev–Trinajstić information content (AvgIpc) is 3.81. The van der Waals surface area contributed by atoms with Crippen molar-refractivity contribution in [3.63, 3.8) is 0 Å². The lowest BCUT2D eigenvalue weighted by atomic mass is 10.1. The molecule has 4 heterocycles. The van der Waals surface area contributed by atoms with Gasteiger partial charge in [0, 0.05) is 37.9 Å². The first-order chi connectivity index (χ1) is 27.7. The van der Waals surface area contributed by atoms with E-state index in [2.05, 4.69) is 4.57 Å². The number of aromatic nitrogens is 6. The standard InChI is InChI=1S/C45H28N6/c1-8-22-36-29(15-1)30-16-2-9-23-37(30)49(36)42-28-14-7-21-35(42)43-46-44(50-38-24-10-3-17-31(38)32-18-4-11-25-39(32)50)48-45(47-43)51-40-26-12-5-19-33(40)34-20-6-13-27-41(34)51/h1-28H/i1D,2D,3D,4D,5D,6D. The largest absolute Gasteiger partial charge is 0.309 e. The molecule has 4 aromatic heterocycles. The number of rotatable bonds is 4. The van der Waals surface area contributed by atoms with Crippen molar-refractivity contribution in [2.75, 3.05) is 0 Å². The van der Waals surface area contributed by atoms with Gasteiger partial charge in [0.2, 0.25) is 11.9 Å². The van der Waals surface area contributed by atoms with Crippen LogP contribution in [-0.4, -0.2) is 28.7 Å². The summed E-state index contributed by atoms with van der Waals surface area (Å²) in [6.45, 7) is 0. The van der Waals surface area contributed by atoms with Crippen LogP contribution in [-0.2, 0) is 0 Å². The van der Waals surface area contributed by atoms with Crippen LogP contribution in [0.2, 0.25) is 0 Å². The molecule has 0 spiro atoms. The molecule has 0 aliphatic heterocycles. The Labute approximate surface area is 300 Å². The maximum absolute atomic E-state index is 8.46. The lowest BCUT2D eigenvalue weighted by molar-refractivity contribution is 0.892. The minimum Gasteiger partial charge on any atom is -0.309 e. The minimum absolute atomic E-state index is 0.324. The molecule has 0 unspecified atom stereocenters. The number of benzene rings is 7. The Morgan fingerprint density at radius 2 is 0.667 bits per heavy atom. The zero-order valence-electron chi connectivity index (χ0n) is 32.9. The van der Waals surface area contributed by atoms with E-state index in [1.165, 1.54) is 0 Å². The van der Waals surface area contributed by atoms with Crippen molar-refractivity contribution in [2.45, 2.75) is 0 Å². The van der Waals surface area contributed by atoms with Gasteiger partial charge in [-0.2, -0.15) is 15.0 Å². The van der Waals surface area contributed by atoms with Crippen molar-refractivity contribution in [3.8, 4) is 29.0 Å². The summed E-state index contributed by atoms with van der Waals surface area (Å²) in [5, 5.41) is 4.91. The molecule has 0 N–H and O–H groups in total. The lowest BCUT2D eigenvalue weighted by Gasteiger charge is -2.16. The first-order valence-corrected chi connectivity index (χ1v) is 16.6. The average molecular weight is 659 g/mol. The molecule has 0 radical (unpaired) electrons. The van der Waals surface area contributed by atoms with Crippen LogP contribution in [0.3, 0.4) is 0 Å². The van der Waals surface area contributed by atoms with E-state index in [0.717, 1.165) is 71.1 Å². The summed E-state index contributed by atoms with van der Waals surface area (Å²) in [4.78, 5) is 15.7. The summed E-state index contributed by atoms with van der Waals surface area (Å²) in [6, 6.07) is 42.7. The Morgan fingerprint density at radius 1 is 0.333 bits per heavy atom. The van der Waals surface area contributed by atoms with Crippen LogP contribution in [0.4, 0.5) is 0 Å². The summed E-state index contributed by atoms with van der Waals surface area (Å²) >= 11 is 0. The van der Waals surface area contributed by atoms with Crippen molar-refractivity contribution < 1.29 is 8.22 Å². The van der Waals surface area contributed by atoms with Crippen LogP contribution in [0, 0.1) is 0 Å². The van der Waals surface area contributed by atoms with Gasteiger partial charge in [0.1, 0.15) is 0 Å². The van der Waals surface area contributed by atoms with Gasteiger partial charge < -0.3 is 4.57 Å². The van der Waals surface area contributed by atoms with Crippen molar-refractivity contribution in [1.29, 1.82) is 0 Å². The smallest absolute Gasteiger partial charge is 0.240 e. The molecule has 6 heteroatoms. The van der Waals surface area contributed by atoms with Gasteiger partial charge in [0.05, 0.1) is 47.0 Å². The molecule has 7 aromatic carbocycles. The van der Waals surface area contributed by atoms with Crippen LogP contribution in [0.15, 0.2) is 170 Å². The van der Waals surface area contributed by atoms with Crippen LogP contribution in [0.5, 0.6) is 0 Å². The molecule has 6 nitrogen and oxygen atoms in total. The highest BCUT2D eigenvalue weighted by molar-refractivity contribution is 6.11. The van der Waals surface area contributed by atoms with Gasteiger partial charge in [-0.1, -0.05) is 121 Å². The quantitative estimate of drug-likeness (QED) is 0.189. The topological polar surface area (TPSA) is 53.5 Å². The fourth-order valence-electron chi connectivity index (χ4n) is 7.61. The van der Waals surface area contributed by atoms with E-state index in [9.17, 15) is 0 Å². The highest BCUT2D eigenvalue weighted by Gasteiger charge is 2.22. The van der Waals surface area contributed by atoms with Gasteiger partial charge in [-0.25, -0.2) is 0 Å². The third-order valence-corrected chi connectivity index (χ3v) is 9.76. The van der Waals surface area contributed by atoms with Gasteiger partial charge in [-0.05, 0) is 48.5 Å². The van der Waals surface area contributed by atoms with Crippen LogP contribution >= 0.6 is 0 Å². The normalized spacial score (nSPS) is 13.6. The van der Waals surface area contributed by atoms with Gasteiger partial charge in [0.15, 0.2) is 5.82 Å². The van der Waals surface area contributed by atoms with E-state index >= 15 is 0 Å². The molecular weight excluding hydrogens is 625 g/mol. The predicted octanol–water partition coefficient (Wildman–Crippen LogP) is 10.8. The summed E-state index contributed by atoms with van der Waals surface area (Å²) in [5.74, 6) is 1.03. The Bertz CT molecular complexity index is 3190. The molecule has 11 rings (SSSR count). The third-order valence-electron chi connectivity index (χ3n) is 9.76. The molecule has 0 saturated heterocycles. The Hall–Kier alpha value is -7.05. The third kappa shape index (κ3) is 4.01. The van der Waals surface area contributed by atoms with E-state index < -0.39 is 0 Å². The summed E-state index contributed by atoms with van der Waals surface area (Å²) in [5.41, 5.74) is 6.30. The molecule has 11 aromatic rings. The van der Waals surface area contributed by atoms with Crippen molar-refractivity contribution in [2.24, 2.45) is 0 Å². The molecule has 0 saturated carbocycles. The summed E-state index contributed by atoms with van der Waals surface area (Å²) in [6.07, 6.45) is 0. The maximum Gasteiger partial charge on any atom is 0.240 e. The predicted molar refractivity (Wildman–Crippen MR) is 208 cm³/mol.